The summed E-state index contributed by atoms with van der Waals surface area (Å²) in [5.41, 5.74) is 4.00. The van der Waals surface area contributed by atoms with Crippen molar-refractivity contribution in [2.75, 3.05) is 44.2 Å². The second-order valence-corrected chi connectivity index (χ2v) is 4.77. The van der Waals surface area contributed by atoms with Crippen LogP contribution >= 0.6 is 0 Å². The molecule has 1 aromatic heterocycles. The molecule has 1 aliphatic rings. The molecule has 2 rings (SSSR count). The van der Waals surface area contributed by atoms with Crippen molar-refractivity contribution in [1.82, 2.24) is 14.9 Å². The Kier molecular flexibility index (Phi) is 5.01. The molecule has 7 nitrogen and oxygen atoms in total. The van der Waals surface area contributed by atoms with Crippen molar-refractivity contribution < 1.29 is 22.7 Å². The number of nitrogens with zero attached hydrogens (tertiary/aromatic N) is 4. The molecule has 1 aliphatic heterocycles. The van der Waals surface area contributed by atoms with E-state index in [4.69, 9.17) is 5.73 Å². The van der Waals surface area contributed by atoms with Gasteiger partial charge >= 0.3 is 12.3 Å². The molecule has 0 bridgehead atoms. The highest BCUT2D eigenvalue weighted by atomic mass is 19.4. The van der Waals surface area contributed by atoms with Gasteiger partial charge in [0.2, 0.25) is 5.95 Å². The van der Waals surface area contributed by atoms with E-state index in [-0.39, 0.29) is 12.6 Å². The topological polar surface area (TPSA) is 84.6 Å². The van der Waals surface area contributed by atoms with E-state index in [1.165, 1.54) is 0 Å². The van der Waals surface area contributed by atoms with Gasteiger partial charge in [-0.25, -0.2) is 14.8 Å². The first-order valence-electron chi connectivity index (χ1n) is 6.65. The molecule has 0 saturated carbocycles. The molecule has 0 atom stereocenters. The van der Waals surface area contributed by atoms with E-state index in [0.29, 0.717) is 32.7 Å². The highest BCUT2D eigenvalue weighted by Gasteiger charge is 2.31. The maximum atomic E-state index is 12.4. The molecule has 1 fully saturated rings. The minimum atomic E-state index is -4.43. The number of anilines is 1. The lowest BCUT2D eigenvalue weighted by atomic mass is 10.3. The van der Waals surface area contributed by atoms with Crippen LogP contribution in [-0.4, -0.2) is 60.3 Å². The fraction of sp³-hybridized carbons (Fsp3) is 0.583. The van der Waals surface area contributed by atoms with E-state index in [0.717, 1.165) is 12.4 Å². The number of rotatable bonds is 4. The molecule has 0 radical (unpaired) electrons. The van der Waals surface area contributed by atoms with E-state index in [9.17, 15) is 18.0 Å². The summed E-state index contributed by atoms with van der Waals surface area (Å²) in [7, 11) is 0. The SMILES string of the molecule is NC(=O)OCCN1CCN(c2ncc(C(F)(F)F)cn2)CC1. The summed E-state index contributed by atoms with van der Waals surface area (Å²) in [6.07, 6.45) is -3.67. The molecule has 2 N–H and O–H groups in total. The number of nitrogens with two attached hydrogens (primary N) is 1. The number of carbonyl (C=O) groups excluding carboxylic acids is 1. The van der Waals surface area contributed by atoms with Crippen LogP contribution in [0.3, 0.4) is 0 Å². The maximum absolute atomic E-state index is 12.4. The van der Waals surface area contributed by atoms with Gasteiger partial charge in [0, 0.05) is 45.1 Å². The fourth-order valence-corrected chi connectivity index (χ4v) is 2.08. The molecule has 2 heterocycles. The summed E-state index contributed by atoms with van der Waals surface area (Å²) >= 11 is 0. The van der Waals surface area contributed by atoms with Gasteiger partial charge in [-0.1, -0.05) is 0 Å². The molecule has 0 unspecified atom stereocenters. The van der Waals surface area contributed by atoms with Crippen LogP contribution in [-0.2, 0) is 10.9 Å². The monoisotopic (exact) mass is 319 g/mol. The average molecular weight is 319 g/mol. The molecular weight excluding hydrogens is 303 g/mol. The highest BCUT2D eigenvalue weighted by Crippen LogP contribution is 2.28. The molecule has 10 heteroatoms. The van der Waals surface area contributed by atoms with Crippen LogP contribution in [0.1, 0.15) is 5.56 Å². The van der Waals surface area contributed by atoms with Crippen molar-refractivity contribution in [3.8, 4) is 0 Å². The summed E-state index contributed by atoms with van der Waals surface area (Å²) in [5, 5.41) is 0. The summed E-state index contributed by atoms with van der Waals surface area (Å²) in [4.78, 5) is 21.9. The van der Waals surface area contributed by atoms with E-state index < -0.39 is 17.8 Å². The van der Waals surface area contributed by atoms with Gasteiger partial charge in [-0.2, -0.15) is 13.2 Å². The van der Waals surface area contributed by atoms with Gasteiger partial charge in [-0.05, 0) is 0 Å². The van der Waals surface area contributed by atoms with E-state index in [2.05, 4.69) is 19.6 Å². The molecule has 0 aliphatic carbocycles. The van der Waals surface area contributed by atoms with Crippen LogP contribution in [0.2, 0.25) is 0 Å². The van der Waals surface area contributed by atoms with Crippen molar-refractivity contribution in [3.05, 3.63) is 18.0 Å². The van der Waals surface area contributed by atoms with Crippen LogP contribution in [0, 0.1) is 0 Å². The number of alkyl halides is 3. The number of carbonyl (C=O) groups is 1. The standard InChI is InChI=1S/C12H16F3N5O2/c13-12(14,15)9-7-17-11(18-8-9)20-3-1-19(2-4-20)5-6-22-10(16)21/h7-8H,1-6H2,(H2,16,21). The Morgan fingerprint density at radius 3 is 2.32 bits per heavy atom. The fourth-order valence-electron chi connectivity index (χ4n) is 2.08. The maximum Gasteiger partial charge on any atom is 0.419 e. The van der Waals surface area contributed by atoms with Crippen LogP contribution in [0.15, 0.2) is 12.4 Å². The average Bonchev–Trinajstić information content (AvgIpc) is 2.47. The third-order valence-corrected chi connectivity index (χ3v) is 3.27. The minimum absolute atomic E-state index is 0.214. The summed E-state index contributed by atoms with van der Waals surface area (Å²) in [6.45, 7) is 3.29. The number of hydrogen-bond acceptors (Lipinski definition) is 6. The first-order chi connectivity index (χ1) is 10.4. The smallest absolute Gasteiger partial charge is 0.419 e. The Hall–Kier alpha value is -2.10. The van der Waals surface area contributed by atoms with Crippen molar-refractivity contribution in [3.63, 3.8) is 0 Å². The zero-order chi connectivity index (χ0) is 16.2. The number of ether oxygens (including phenoxy) is 1. The third-order valence-electron chi connectivity index (χ3n) is 3.27. The number of primary amides is 1. The van der Waals surface area contributed by atoms with E-state index >= 15 is 0 Å². The summed E-state index contributed by atoms with van der Waals surface area (Å²) < 4.78 is 42.0. The molecule has 22 heavy (non-hydrogen) atoms. The number of aromatic nitrogens is 2. The number of halogens is 3. The zero-order valence-electron chi connectivity index (χ0n) is 11.7. The molecular formula is C12H16F3N5O2. The third kappa shape index (κ3) is 4.45. The van der Waals surface area contributed by atoms with Gasteiger partial charge < -0.3 is 15.4 Å². The van der Waals surface area contributed by atoms with E-state index in [1.807, 2.05) is 4.90 Å². The number of amides is 1. The van der Waals surface area contributed by atoms with Crippen LogP contribution in [0.5, 0.6) is 0 Å². The van der Waals surface area contributed by atoms with Gasteiger partial charge in [0.15, 0.2) is 0 Å². The zero-order valence-corrected chi connectivity index (χ0v) is 11.7. The lowest BCUT2D eigenvalue weighted by Crippen LogP contribution is -2.48. The van der Waals surface area contributed by atoms with Gasteiger partial charge in [0.25, 0.3) is 0 Å². The molecule has 0 spiro atoms. The predicted molar refractivity (Wildman–Crippen MR) is 71.2 cm³/mol. The van der Waals surface area contributed by atoms with Crippen molar-refractivity contribution >= 4 is 12.0 Å². The molecule has 1 aromatic rings. The van der Waals surface area contributed by atoms with Crippen molar-refractivity contribution in [2.45, 2.75) is 6.18 Å². The largest absolute Gasteiger partial charge is 0.448 e. The quantitative estimate of drug-likeness (QED) is 0.880. The van der Waals surface area contributed by atoms with Gasteiger partial charge in [0.1, 0.15) is 6.61 Å². The molecule has 122 valence electrons. The second-order valence-electron chi connectivity index (χ2n) is 4.77. The van der Waals surface area contributed by atoms with Gasteiger partial charge in [-0.3, -0.25) is 4.90 Å². The van der Waals surface area contributed by atoms with E-state index in [1.54, 1.807) is 0 Å². The number of piperazine rings is 1. The van der Waals surface area contributed by atoms with Crippen LogP contribution < -0.4 is 10.6 Å². The number of hydrogen-bond donors (Lipinski definition) is 1. The molecule has 1 saturated heterocycles. The first-order valence-corrected chi connectivity index (χ1v) is 6.65. The van der Waals surface area contributed by atoms with Gasteiger partial charge in [-0.15, -0.1) is 0 Å². The summed E-state index contributed by atoms with van der Waals surface area (Å²) in [5.74, 6) is 0.279. The Balaban J connectivity index is 1.82. The van der Waals surface area contributed by atoms with Gasteiger partial charge in [0.05, 0.1) is 5.56 Å². The Bertz CT molecular complexity index is 500. The Morgan fingerprint density at radius 1 is 1.23 bits per heavy atom. The van der Waals surface area contributed by atoms with Crippen molar-refractivity contribution in [2.24, 2.45) is 5.73 Å². The molecule has 0 aromatic carbocycles. The Labute approximate surface area is 124 Å². The first kappa shape index (κ1) is 16.3. The lowest BCUT2D eigenvalue weighted by Gasteiger charge is -2.34. The van der Waals surface area contributed by atoms with Crippen LogP contribution in [0.25, 0.3) is 0 Å². The predicted octanol–water partition coefficient (Wildman–Crippen LogP) is 0.713. The second kappa shape index (κ2) is 6.77. The Morgan fingerprint density at radius 2 is 1.82 bits per heavy atom. The minimum Gasteiger partial charge on any atom is -0.448 e. The van der Waals surface area contributed by atoms with Crippen LogP contribution in [0.4, 0.5) is 23.9 Å². The molecule has 1 amide bonds. The van der Waals surface area contributed by atoms with Crippen molar-refractivity contribution in [1.29, 1.82) is 0 Å². The lowest BCUT2D eigenvalue weighted by molar-refractivity contribution is -0.138. The normalized spacial score (nSPS) is 16.6. The highest BCUT2D eigenvalue weighted by molar-refractivity contribution is 5.64. The summed E-state index contributed by atoms with van der Waals surface area (Å²) in [6, 6.07) is 0.